The highest BCUT2D eigenvalue weighted by Gasteiger charge is 1.87. The Balaban J connectivity index is 2.67. The molecule has 10 heavy (non-hydrogen) atoms. The van der Waals surface area contributed by atoms with Gasteiger partial charge in [0.05, 0.1) is 12.0 Å². The molecule has 54 valence electrons. The third kappa shape index (κ3) is 1.88. The van der Waals surface area contributed by atoms with Crippen LogP contribution in [0.1, 0.15) is 5.69 Å². The van der Waals surface area contributed by atoms with Crippen LogP contribution in [0.25, 0.3) is 6.08 Å². The molecule has 3 heteroatoms. The maximum Gasteiger partial charge on any atom is 0.0950 e. The Kier molecular flexibility index (Phi) is 2.51. The van der Waals surface area contributed by atoms with Crippen LogP contribution in [0, 0.1) is 0 Å². The molecule has 0 spiro atoms. The summed E-state index contributed by atoms with van der Waals surface area (Å²) in [5, 5.41) is 0. The van der Waals surface area contributed by atoms with Gasteiger partial charge in [-0.05, 0) is 6.08 Å². The summed E-state index contributed by atoms with van der Waals surface area (Å²) in [6.45, 7) is 0. The van der Waals surface area contributed by atoms with Crippen molar-refractivity contribution >= 4 is 17.7 Å². The van der Waals surface area contributed by atoms with Crippen molar-refractivity contribution in [3.05, 3.63) is 24.3 Å². The Morgan fingerprint density at radius 1 is 1.80 bits per heavy atom. The van der Waals surface area contributed by atoms with E-state index in [-0.39, 0.29) is 0 Å². The van der Waals surface area contributed by atoms with Gasteiger partial charge in [-0.3, -0.25) is 0 Å². The molecular formula is C7H9ClN2. The number of hydrogen-bond donors (Lipinski definition) is 0. The molecule has 0 amide bonds. The highest BCUT2D eigenvalue weighted by atomic mass is 35.5. The summed E-state index contributed by atoms with van der Waals surface area (Å²) < 4.78 is 1.90. The van der Waals surface area contributed by atoms with Gasteiger partial charge >= 0.3 is 0 Å². The van der Waals surface area contributed by atoms with E-state index in [1.165, 1.54) is 0 Å². The van der Waals surface area contributed by atoms with Crippen molar-refractivity contribution in [2.24, 2.45) is 7.05 Å². The fraction of sp³-hybridized carbons (Fsp3) is 0.286. The minimum atomic E-state index is 0.538. The number of halogens is 1. The van der Waals surface area contributed by atoms with E-state index >= 15 is 0 Å². The standard InChI is InChI=1S/C7H9ClN2/c1-10-5-7(9-6-10)3-2-4-8/h2-3,5-6H,4H2,1H3. The second-order valence-corrected chi connectivity index (χ2v) is 2.33. The number of hydrogen-bond acceptors (Lipinski definition) is 1. The van der Waals surface area contributed by atoms with Gasteiger partial charge < -0.3 is 4.57 Å². The van der Waals surface area contributed by atoms with Crippen LogP contribution in [0.3, 0.4) is 0 Å². The molecule has 0 atom stereocenters. The van der Waals surface area contributed by atoms with Gasteiger partial charge in [0.25, 0.3) is 0 Å². The van der Waals surface area contributed by atoms with Crippen molar-refractivity contribution in [1.29, 1.82) is 0 Å². The summed E-state index contributed by atoms with van der Waals surface area (Å²) >= 11 is 5.44. The van der Waals surface area contributed by atoms with Gasteiger partial charge in [-0.2, -0.15) is 0 Å². The molecule has 1 rings (SSSR count). The highest BCUT2D eigenvalue weighted by molar-refractivity contribution is 6.19. The lowest BCUT2D eigenvalue weighted by Crippen LogP contribution is -1.77. The zero-order chi connectivity index (χ0) is 7.40. The van der Waals surface area contributed by atoms with Crippen molar-refractivity contribution in [3.8, 4) is 0 Å². The second-order valence-electron chi connectivity index (χ2n) is 2.02. The summed E-state index contributed by atoms with van der Waals surface area (Å²) in [6.07, 6.45) is 7.45. The van der Waals surface area contributed by atoms with E-state index in [2.05, 4.69) is 4.98 Å². The van der Waals surface area contributed by atoms with Crippen LogP contribution in [-0.2, 0) is 7.05 Å². The largest absolute Gasteiger partial charge is 0.340 e. The van der Waals surface area contributed by atoms with Crippen LogP contribution in [0.5, 0.6) is 0 Å². The third-order valence-corrected chi connectivity index (χ3v) is 1.28. The van der Waals surface area contributed by atoms with Crippen molar-refractivity contribution < 1.29 is 0 Å². The van der Waals surface area contributed by atoms with Gasteiger partial charge in [-0.1, -0.05) is 6.08 Å². The van der Waals surface area contributed by atoms with Crippen molar-refractivity contribution in [2.45, 2.75) is 0 Å². The van der Waals surface area contributed by atoms with Gasteiger partial charge in [0, 0.05) is 19.1 Å². The summed E-state index contributed by atoms with van der Waals surface area (Å²) in [4.78, 5) is 4.07. The second kappa shape index (κ2) is 3.42. The number of aromatic nitrogens is 2. The number of alkyl halides is 1. The average Bonchev–Trinajstić information content (AvgIpc) is 2.31. The molecule has 0 fully saturated rings. The molecule has 0 aliphatic heterocycles. The number of imidazole rings is 1. The fourth-order valence-electron chi connectivity index (χ4n) is 0.684. The average molecular weight is 157 g/mol. The Labute approximate surface area is 65.1 Å². The van der Waals surface area contributed by atoms with E-state index < -0.39 is 0 Å². The van der Waals surface area contributed by atoms with Gasteiger partial charge in [-0.25, -0.2) is 4.98 Å². The first kappa shape index (κ1) is 7.35. The number of nitrogens with zero attached hydrogens (tertiary/aromatic N) is 2. The Morgan fingerprint density at radius 2 is 2.60 bits per heavy atom. The van der Waals surface area contributed by atoms with Crippen LogP contribution < -0.4 is 0 Å². The summed E-state index contributed by atoms with van der Waals surface area (Å²) in [6, 6.07) is 0. The zero-order valence-electron chi connectivity index (χ0n) is 5.79. The molecule has 2 nitrogen and oxygen atoms in total. The van der Waals surface area contributed by atoms with E-state index in [9.17, 15) is 0 Å². The SMILES string of the molecule is Cn1cnc(C=CCCl)c1. The lowest BCUT2D eigenvalue weighted by atomic mass is 10.4. The predicted octanol–water partition coefficient (Wildman–Crippen LogP) is 1.67. The Hall–Kier alpha value is -0.760. The molecular weight excluding hydrogens is 148 g/mol. The first-order chi connectivity index (χ1) is 4.83. The molecule has 1 aromatic rings. The molecule has 0 bridgehead atoms. The molecule has 0 unspecified atom stereocenters. The lowest BCUT2D eigenvalue weighted by Gasteiger charge is -1.80. The van der Waals surface area contributed by atoms with E-state index in [0.29, 0.717) is 5.88 Å². The molecule has 0 saturated heterocycles. The molecule has 0 aliphatic rings. The fourth-order valence-corrected chi connectivity index (χ4v) is 0.773. The molecule has 0 saturated carbocycles. The van der Waals surface area contributed by atoms with Crippen LogP contribution in [0.15, 0.2) is 18.6 Å². The van der Waals surface area contributed by atoms with Crippen molar-refractivity contribution in [1.82, 2.24) is 9.55 Å². The van der Waals surface area contributed by atoms with Crippen LogP contribution in [0.4, 0.5) is 0 Å². The van der Waals surface area contributed by atoms with Gasteiger partial charge in [-0.15, -0.1) is 11.6 Å². The van der Waals surface area contributed by atoms with Gasteiger partial charge in [0.1, 0.15) is 0 Å². The third-order valence-electron chi connectivity index (χ3n) is 1.10. The topological polar surface area (TPSA) is 17.8 Å². The smallest absolute Gasteiger partial charge is 0.0950 e. The monoisotopic (exact) mass is 156 g/mol. The maximum absolute atomic E-state index is 5.44. The minimum Gasteiger partial charge on any atom is -0.340 e. The van der Waals surface area contributed by atoms with E-state index in [0.717, 1.165) is 5.69 Å². The van der Waals surface area contributed by atoms with Gasteiger partial charge in [0.15, 0.2) is 0 Å². The first-order valence-corrected chi connectivity index (χ1v) is 3.57. The highest BCUT2D eigenvalue weighted by Crippen LogP contribution is 1.96. The van der Waals surface area contributed by atoms with Crippen molar-refractivity contribution in [3.63, 3.8) is 0 Å². The maximum atomic E-state index is 5.44. The predicted molar refractivity (Wildman–Crippen MR) is 43.0 cm³/mol. The van der Waals surface area contributed by atoms with Crippen molar-refractivity contribution in [2.75, 3.05) is 5.88 Å². The van der Waals surface area contributed by atoms with E-state index in [4.69, 9.17) is 11.6 Å². The Bertz CT molecular complexity index is 227. The van der Waals surface area contributed by atoms with Crippen LogP contribution in [-0.4, -0.2) is 15.4 Å². The van der Waals surface area contributed by atoms with E-state index in [1.54, 1.807) is 6.33 Å². The van der Waals surface area contributed by atoms with Crippen LogP contribution in [0.2, 0.25) is 0 Å². The molecule has 0 aliphatic carbocycles. The molecule has 0 aromatic carbocycles. The number of allylic oxidation sites excluding steroid dienone is 1. The van der Waals surface area contributed by atoms with E-state index in [1.807, 2.05) is 30.0 Å². The summed E-state index contributed by atoms with van der Waals surface area (Å²) in [5.74, 6) is 0.538. The minimum absolute atomic E-state index is 0.538. The molecule has 0 radical (unpaired) electrons. The summed E-state index contributed by atoms with van der Waals surface area (Å²) in [5.41, 5.74) is 0.947. The lowest BCUT2D eigenvalue weighted by molar-refractivity contribution is 0.913. The Morgan fingerprint density at radius 3 is 3.10 bits per heavy atom. The number of aryl methyl sites for hydroxylation is 1. The normalized spacial score (nSPS) is 11.0. The number of rotatable bonds is 2. The van der Waals surface area contributed by atoms with Crippen LogP contribution >= 0.6 is 11.6 Å². The van der Waals surface area contributed by atoms with Gasteiger partial charge in [0.2, 0.25) is 0 Å². The quantitative estimate of drug-likeness (QED) is 0.596. The molecule has 1 aromatic heterocycles. The first-order valence-electron chi connectivity index (χ1n) is 3.03. The zero-order valence-corrected chi connectivity index (χ0v) is 6.54. The summed E-state index contributed by atoms with van der Waals surface area (Å²) in [7, 11) is 1.94. The molecule has 1 heterocycles. The molecule has 0 N–H and O–H groups in total.